The Morgan fingerprint density at radius 1 is 1.21 bits per heavy atom. The fourth-order valence-electron chi connectivity index (χ4n) is 2.66. The number of aliphatic carboxylic acids is 1. The van der Waals surface area contributed by atoms with Crippen LogP contribution in [0.3, 0.4) is 0 Å². The summed E-state index contributed by atoms with van der Waals surface area (Å²) >= 11 is 5.80. The van der Waals surface area contributed by atoms with Crippen molar-refractivity contribution in [2.75, 3.05) is 12.4 Å². The number of carboxylic acids is 1. The molecule has 2 aromatic heterocycles. The van der Waals surface area contributed by atoms with Gasteiger partial charge in [-0.1, -0.05) is 49.7 Å². The number of anilines is 1. The summed E-state index contributed by atoms with van der Waals surface area (Å²) < 4.78 is 1.88. The molecule has 148 valence electrons. The predicted molar refractivity (Wildman–Crippen MR) is 111 cm³/mol. The molecule has 7 heteroatoms. The molecule has 0 amide bonds. The van der Waals surface area contributed by atoms with Crippen molar-refractivity contribution in [3.05, 3.63) is 64.9 Å². The molecule has 0 fully saturated rings. The summed E-state index contributed by atoms with van der Waals surface area (Å²) in [6.07, 6.45) is 5.26. The van der Waals surface area contributed by atoms with Crippen LogP contribution in [0.5, 0.6) is 0 Å². The van der Waals surface area contributed by atoms with Crippen molar-refractivity contribution in [2.24, 2.45) is 0 Å². The zero-order chi connectivity index (χ0) is 20.7. The number of hydrogen-bond donors (Lipinski definition) is 2. The molecule has 0 saturated heterocycles. The molecule has 0 atom stereocenters. The van der Waals surface area contributed by atoms with Gasteiger partial charge in [0.1, 0.15) is 17.8 Å². The van der Waals surface area contributed by atoms with Crippen LogP contribution < -0.4 is 5.32 Å². The average molecular weight is 402 g/mol. The second kappa shape index (κ2) is 9.37. The predicted octanol–water partition coefficient (Wildman–Crippen LogP) is 4.67. The highest BCUT2D eigenvalue weighted by Crippen LogP contribution is 2.28. The van der Waals surface area contributed by atoms with Crippen LogP contribution in [-0.2, 0) is 10.2 Å². The average Bonchev–Trinajstić information content (AvgIpc) is 3.09. The van der Waals surface area contributed by atoms with E-state index in [0.717, 1.165) is 23.3 Å². The third-order valence-electron chi connectivity index (χ3n) is 4.46. The number of carbonyl (C=O) groups is 2. The number of hydrogen-bond acceptors (Lipinski definition) is 4. The van der Waals surface area contributed by atoms with E-state index in [1.54, 1.807) is 12.1 Å². The lowest BCUT2D eigenvalue weighted by Crippen LogP contribution is -2.18. The van der Waals surface area contributed by atoms with Gasteiger partial charge in [0.15, 0.2) is 0 Å². The molecule has 2 heterocycles. The Kier molecular flexibility index (Phi) is 7.18. The normalized spacial score (nSPS) is 10.9. The molecule has 0 unspecified atom stereocenters. The maximum absolute atomic E-state index is 10.5. The summed E-state index contributed by atoms with van der Waals surface area (Å²) in [6, 6.07) is 11.0. The minimum absolute atomic E-state index is 0.155. The van der Waals surface area contributed by atoms with Gasteiger partial charge in [0, 0.05) is 25.2 Å². The van der Waals surface area contributed by atoms with Crippen molar-refractivity contribution in [2.45, 2.75) is 32.1 Å². The number of imidazole rings is 1. The second-order valence-electron chi connectivity index (χ2n) is 7.01. The molecule has 0 aliphatic rings. The van der Waals surface area contributed by atoms with Crippen LogP contribution in [0.25, 0.3) is 5.65 Å². The quantitative estimate of drug-likeness (QED) is 0.586. The van der Waals surface area contributed by atoms with Crippen LogP contribution in [0.1, 0.15) is 42.6 Å². The summed E-state index contributed by atoms with van der Waals surface area (Å²) in [6.45, 7) is 4.01. The minimum atomic E-state index is -0.780. The van der Waals surface area contributed by atoms with E-state index in [2.05, 4.69) is 10.3 Å². The smallest absolute Gasteiger partial charge is 0.303 e. The lowest BCUT2D eigenvalue weighted by molar-refractivity contribution is -0.137. The number of fused-ring (bicyclic) bond motifs is 1. The third kappa shape index (κ3) is 5.82. The highest BCUT2D eigenvalue weighted by atomic mass is 35.5. The maximum atomic E-state index is 10.5. The number of aldehydes is 1. The lowest BCUT2D eigenvalue weighted by atomic mass is 9.80. The number of halogens is 1. The van der Waals surface area contributed by atoms with Crippen LogP contribution in [0.15, 0.2) is 48.8 Å². The summed E-state index contributed by atoms with van der Waals surface area (Å²) in [4.78, 5) is 25.3. The highest BCUT2D eigenvalue weighted by molar-refractivity contribution is 6.30. The van der Waals surface area contributed by atoms with Gasteiger partial charge in [0.25, 0.3) is 0 Å². The summed E-state index contributed by atoms with van der Waals surface area (Å²) in [5, 5.41) is 12.3. The lowest BCUT2D eigenvalue weighted by Gasteiger charge is -2.24. The van der Waals surface area contributed by atoms with E-state index in [1.165, 1.54) is 0 Å². The van der Waals surface area contributed by atoms with Crippen LogP contribution in [0.2, 0.25) is 5.02 Å². The zero-order valence-electron chi connectivity index (χ0n) is 16.1. The van der Waals surface area contributed by atoms with Crippen LogP contribution in [0.4, 0.5) is 5.82 Å². The fourth-order valence-corrected chi connectivity index (χ4v) is 2.83. The van der Waals surface area contributed by atoms with Gasteiger partial charge < -0.3 is 14.8 Å². The Morgan fingerprint density at radius 3 is 2.46 bits per heavy atom. The molecule has 28 heavy (non-hydrogen) atoms. The molecule has 3 rings (SSSR count). The molecular weight excluding hydrogens is 378 g/mol. The van der Waals surface area contributed by atoms with E-state index in [0.29, 0.717) is 17.0 Å². The van der Waals surface area contributed by atoms with Crippen molar-refractivity contribution in [3.63, 3.8) is 0 Å². The molecule has 2 N–H and O–H groups in total. The van der Waals surface area contributed by atoms with E-state index in [9.17, 15) is 9.59 Å². The molecular formula is C21H24ClN3O3. The van der Waals surface area contributed by atoms with Crippen LogP contribution in [-0.4, -0.2) is 33.8 Å². The fraction of sp³-hybridized carbons (Fsp3) is 0.286. The van der Waals surface area contributed by atoms with Crippen LogP contribution in [0, 0.1) is 0 Å². The number of benzene rings is 1. The summed E-state index contributed by atoms with van der Waals surface area (Å²) in [5.41, 5.74) is 2.40. The number of aromatic nitrogens is 2. The van der Waals surface area contributed by atoms with Crippen molar-refractivity contribution in [3.8, 4) is 0 Å². The molecule has 0 radical (unpaired) electrons. The number of pyridine rings is 1. The number of carbonyl (C=O) groups excluding carboxylic acids is 1. The Morgan fingerprint density at radius 2 is 1.89 bits per heavy atom. The van der Waals surface area contributed by atoms with Gasteiger partial charge in [-0.2, -0.15) is 0 Å². The first-order valence-electron chi connectivity index (χ1n) is 8.84. The second-order valence-corrected chi connectivity index (χ2v) is 7.44. The number of nitrogens with zero attached hydrogens (tertiary/aromatic N) is 2. The number of nitrogens with one attached hydrogen (secondary N) is 1. The molecule has 1 aromatic carbocycles. The van der Waals surface area contributed by atoms with Gasteiger partial charge in [-0.05, 0) is 29.5 Å². The largest absolute Gasteiger partial charge is 0.481 e. The Labute approximate surface area is 169 Å². The Bertz CT molecular complexity index is 949. The molecule has 0 bridgehead atoms. The van der Waals surface area contributed by atoms with Crippen molar-refractivity contribution < 1.29 is 14.7 Å². The Hall–Kier alpha value is -2.86. The monoisotopic (exact) mass is 401 g/mol. The van der Waals surface area contributed by atoms with Gasteiger partial charge in [0.05, 0.1) is 11.2 Å². The van der Waals surface area contributed by atoms with E-state index < -0.39 is 5.97 Å². The molecule has 0 spiro atoms. The van der Waals surface area contributed by atoms with Gasteiger partial charge in [-0.25, -0.2) is 4.98 Å². The molecule has 0 aliphatic heterocycles. The van der Waals surface area contributed by atoms with Crippen molar-refractivity contribution >= 4 is 35.3 Å². The van der Waals surface area contributed by atoms with Gasteiger partial charge in [-0.15, -0.1) is 0 Å². The van der Waals surface area contributed by atoms with Crippen molar-refractivity contribution in [1.82, 2.24) is 9.38 Å². The van der Waals surface area contributed by atoms with Gasteiger partial charge in [0.2, 0.25) is 0 Å². The molecule has 0 saturated carbocycles. The first-order chi connectivity index (χ1) is 13.2. The first-order valence-corrected chi connectivity index (χ1v) is 9.22. The summed E-state index contributed by atoms with van der Waals surface area (Å²) in [5.74, 6) is 0.0647. The van der Waals surface area contributed by atoms with Crippen LogP contribution >= 0.6 is 11.6 Å². The van der Waals surface area contributed by atoms with Crippen molar-refractivity contribution in [1.29, 1.82) is 0 Å². The van der Waals surface area contributed by atoms with E-state index in [4.69, 9.17) is 16.7 Å². The van der Waals surface area contributed by atoms with Gasteiger partial charge >= 0.3 is 5.97 Å². The maximum Gasteiger partial charge on any atom is 0.303 e. The topological polar surface area (TPSA) is 83.7 Å². The molecule has 3 aromatic rings. The summed E-state index contributed by atoms with van der Waals surface area (Å²) in [7, 11) is 1.84. The highest BCUT2D eigenvalue weighted by Gasteiger charge is 2.21. The molecule has 0 aliphatic carbocycles. The zero-order valence-corrected chi connectivity index (χ0v) is 16.9. The SMILES string of the molecule is CC(C)(CCC(=O)O)c1ccc(C=O)cc1.CNc1cn2cc(Cl)ccc2n1. The van der Waals surface area contributed by atoms with E-state index >= 15 is 0 Å². The standard InChI is InChI=1S/C13H16O3.C8H8ClN3/c1-13(2,8-7-12(15)16)11-5-3-10(9-14)4-6-11;1-10-7-5-12-4-6(9)2-3-8(12)11-7/h3-6,9H,7-8H2,1-2H3,(H,15,16);2-5,10H,1H3. The number of rotatable bonds is 6. The first kappa shape index (κ1) is 21.4. The Balaban J connectivity index is 0.000000207. The van der Waals surface area contributed by atoms with Gasteiger partial charge in [-0.3, -0.25) is 9.59 Å². The van der Waals surface area contributed by atoms with E-state index in [-0.39, 0.29) is 11.8 Å². The number of carboxylic acid groups (broad SMARTS) is 1. The molecule has 6 nitrogen and oxygen atoms in total. The van der Waals surface area contributed by atoms with E-state index in [1.807, 2.05) is 62.0 Å². The minimum Gasteiger partial charge on any atom is -0.481 e. The third-order valence-corrected chi connectivity index (χ3v) is 4.69.